The number of carbonyl (C=O) groups excluding carboxylic acids is 1. The molecule has 0 rings (SSSR count). The maximum atomic E-state index is 10.3. The lowest BCUT2D eigenvalue weighted by molar-refractivity contribution is -0.137. The van der Waals surface area contributed by atoms with Crippen LogP contribution in [0.2, 0.25) is 0 Å². The quantitative estimate of drug-likeness (QED) is 0.397. The second kappa shape index (κ2) is 8.62. The van der Waals surface area contributed by atoms with Crippen molar-refractivity contribution in [2.45, 2.75) is 0 Å². The molecule has 7 nitrogen and oxygen atoms in total. The van der Waals surface area contributed by atoms with Gasteiger partial charge in [0.05, 0.1) is 0 Å². The summed E-state index contributed by atoms with van der Waals surface area (Å²) in [4.78, 5) is 19.5. The summed E-state index contributed by atoms with van der Waals surface area (Å²) >= 11 is 0. The molecule has 0 spiro atoms. The Bertz CT molecular complexity index is 355. The van der Waals surface area contributed by atoms with Gasteiger partial charge in [0.2, 0.25) is 0 Å². The van der Waals surface area contributed by atoms with Gasteiger partial charge in [0, 0.05) is 12.2 Å². The molecule has 0 saturated carbocycles. The molecule has 0 aliphatic rings. The zero-order valence-corrected chi connectivity index (χ0v) is 9.14. The molecule has 0 radical (unpaired) electrons. The molecule has 8 heteroatoms. The molecule has 0 heterocycles. The van der Waals surface area contributed by atoms with E-state index in [0.717, 1.165) is 12.2 Å². The Morgan fingerprint density at radius 2 is 1.69 bits per heavy atom. The molecule has 0 unspecified atom stereocenters. The fourth-order valence-corrected chi connectivity index (χ4v) is 0.600. The highest BCUT2D eigenvalue weighted by molar-refractivity contribution is 7.85. The van der Waals surface area contributed by atoms with Gasteiger partial charge in [0.15, 0.2) is 0 Å². The standard InChI is InChI=1S/C5H8O5S.C3H4O2/c1-2-5(6)10-3-4-11(7,8)9;1-2-3(4)5/h2H,1,3-4H2,(H,7,8,9);2H,1H2,(H,4,5). The zero-order valence-electron chi connectivity index (χ0n) is 8.33. The van der Waals surface area contributed by atoms with E-state index in [1.807, 2.05) is 0 Å². The number of rotatable bonds is 5. The lowest BCUT2D eigenvalue weighted by atomic mass is 10.6. The van der Waals surface area contributed by atoms with Gasteiger partial charge in [0.25, 0.3) is 10.1 Å². The zero-order chi connectivity index (χ0) is 13.2. The summed E-state index contributed by atoms with van der Waals surface area (Å²) < 4.78 is 32.5. The predicted octanol–water partition coefficient (Wildman–Crippen LogP) is -0.140. The lowest BCUT2D eigenvalue weighted by Crippen LogP contribution is -2.13. The molecule has 0 bridgehead atoms. The number of esters is 1. The number of carboxylic acids is 1. The molecule has 0 aromatic carbocycles. The van der Waals surface area contributed by atoms with Crippen molar-refractivity contribution in [1.29, 1.82) is 0 Å². The van der Waals surface area contributed by atoms with Crippen molar-refractivity contribution < 1.29 is 32.4 Å². The minimum absolute atomic E-state index is 0.357. The normalized spacial score (nSPS) is 9.31. The Morgan fingerprint density at radius 3 is 1.94 bits per heavy atom. The summed E-state index contributed by atoms with van der Waals surface area (Å²) in [5, 5.41) is 7.60. The first kappa shape index (κ1) is 16.7. The van der Waals surface area contributed by atoms with E-state index >= 15 is 0 Å². The first-order chi connectivity index (χ1) is 7.22. The summed E-state index contributed by atoms with van der Waals surface area (Å²) in [6, 6.07) is 0. The Hall–Kier alpha value is -1.67. The van der Waals surface area contributed by atoms with Crippen LogP contribution < -0.4 is 0 Å². The average molecular weight is 252 g/mol. The monoisotopic (exact) mass is 252 g/mol. The van der Waals surface area contributed by atoms with E-state index in [4.69, 9.17) is 9.66 Å². The van der Waals surface area contributed by atoms with Crippen molar-refractivity contribution >= 4 is 22.1 Å². The molecule has 0 amide bonds. The van der Waals surface area contributed by atoms with Crippen LogP contribution in [0, 0.1) is 0 Å². The Kier molecular flexibility index (Phi) is 9.03. The molecule has 92 valence electrons. The van der Waals surface area contributed by atoms with Gasteiger partial charge in [-0.15, -0.1) is 0 Å². The largest absolute Gasteiger partial charge is 0.478 e. The predicted molar refractivity (Wildman–Crippen MR) is 55.4 cm³/mol. The molecule has 0 fully saturated rings. The van der Waals surface area contributed by atoms with E-state index in [-0.39, 0.29) is 6.61 Å². The van der Waals surface area contributed by atoms with E-state index in [1.165, 1.54) is 0 Å². The van der Waals surface area contributed by atoms with Gasteiger partial charge in [-0.25, -0.2) is 9.59 Å². The molecular weight excluding hydrogens is 240 g/mol. The van der Waals surface area contributed by atoms with Crippen LogP contribution in [0.1, 0.15) is 0 Å². The molecule has 0 aromatic heterocycles. The molecule has 0 aliphatic heterocycles. The van der Waals surface area contributed by atoms with Gasteiger partial charge < -0.3 is 9.84 Å². The second-order valence-electron chi connectivity index (χ2n) is 2.20. The third-order valence-electron chi connectivity index (χ3n) is 0.927. The first-order valence-corrected chi connectivity index (χ1v) is 5.43. The summed E-state index contributed by atoms with van der Waals surface area (Å²) in [6.45, 7) is 5.69. The van der Waals surface area contributed by atoms with Crippen molar-refractivity contribution in [3.63, 3.8) is 0 Å². The topological polar surface area (TPSA) is 118 Å². The van der Waals surface area contributed by atoms with Crippen LogP contribution in [0.3, 0.4) is 0 Å². The highest BCUT2D eigenvalue weighted by Gasteiger charge is 2.04. The van der Waals surface area contributed by atoms with Gasteiger partial charge in [-0.05, 0) is 0 Å². The minimum atomic E-state index is -4.04. The molecule has 0 aliphatic carbocycles. The average Bonchev–Trinajstić information content (AvgIpc) is 2.16. The van der Waals surface area contributed by atoms with Gasteiger partial charge in [-0.3, -0.25) is 4.55 Å². The summed E-state index contributed by atoms with van der Waals surface area (Å²) in [7, 11) is -4.04. The summed E-state index contributed by atoms with van der Waals surface area (Å²) in [5.74, 6) is -2.29. The SMILES string of the molecule is C=CC(=O)O.C=CC(=O)OCCS(=O)(=O)O. The Morgan fingerprint density at radius 1 is 1.25 bits per heavy atom. The lowest BCUT2D eigenvalue weighted by Gasteiger charge is -1.97. The Labute approximate surface area is 92.8 Å². The van der Waals surface area contributed by atoms with Gasteiger partial charge in [0.1, 0.15) is 12.4 Å². The molecule has 0 saturated heterocycles. The fraction of sp³-hybridized carbons (Fsp3) is 0.250. The third kappa shape index (κ3) is 18.2. The van der Waals surface area contributed by atoms with Crippen molar-refractivity contribution in [3.8, 4) is 0 Å². The van der Waals surface area contributed by atoms with E-state index in [9.17, 15) is 18.0 Å². The Balaban J connectivity index is 0. The highest BCUT2D eigenvalue weighted by Crippen LogP contribution is 1.84. The van der Waals surface area contributed by atoms with Crippen molar-refractivity contribution in [2.24, 2.45) is 0 Å². The smallest absolute Gasteiger partial charge is 0.330 e. The van der Waals surface area contributed by atoms with Crippen LogP contribution in [0.5, 0.6) is 0 Å². The number of carbonyl (C=O) groups is 2. The van der Waals surface area contributed by atoms with E-state index in [1.54, 1.807) is 0 Å². The van der Waals surface area contributed by atoms with Crippen LogP contribution in [0.4, 0.5) is 0 Å². The van der Waals surface area contributed by atoms with Gasteiger partial charge in [-0.2, -0.15) is 8.42 Å². The van der Waals surface area contributed by atoms with Crippen LogP contribution in [-0.2, 0) is 24.4 Å². The molecule has 0 aromatic rings. The van der Waals surface area contributed by atoms with E-state index in [0.29, 0.717) is 0 Å². The molecule has 16 heavy (non-hydrogen) atoms. The van der Waals surface area contributed by atoms with Crippen LogP contribution in [-0.4, -0.2) is 42.4 Å². The van der Waals surface area contributed by atoms with Gasteiger partial charge in [-0.1, -0.05) is 13.2 Å². The first-order valence-electron chi connectivity index (χ1n) is 3.82. The van der Waals surface area contributed by atoms with Crippen LogP contribution in [0.25, 0.3) is 0 Å². The number of hydrogen-bond donors (Lipinski definition) is 2. The molecule has 0 atom stereocenters. The van der Waals surface area contributed by atoms with Crippen LogP contribution >= 0.6 is 0 Å². The molecule has 2 N–H and O–H groups in total. The highest BCUT2D eigenvalue weighted by atomic mass is 32.2. The van der Waals surface area contributed by atoms with E-state index in [2.05, 4.69) is 17.9 Å². The van der Waals surface area contributed by atoms with Gasteiger partial charge >= 0.3 is 11.9 Å². The minimum Gasteiger partial charge on any atom is -0.478 e. The number of carboxylic acid groups (broad SMARTS) is 1. The molecular formula is C8H12O7S. The van der Waals surface area contributed by atoms with Crippen molar-refractivity contribution in [3.05, 3.63) is 25.3 Å². The fourth-order valence-electron chi connectivity index (χ4n) is 0.306. The van der Waals surface area contributed by atoms with E-state index < -0.39 is 27.8 Å². The second-order valence-corrected chi connectivity index (χ2v) is 3.77. The maximum absolute atomic E-state index is 10.3. The summed E-state index contributed by atoms with van der Waals surface area (Å²) in [6.07, 6.45) is 1.74. The van der Waals surface area contributed by atoms with Crippen LogP contribution in [0.15, 0.2) is 25.3 Å². The van der Waals surface area contributed by atoms with Crippen molar-refractivity contribution in [1.82, 2.24) is 0 Å². The van der Waals surface area contributed by atoms with Crippen molar-refractivity contribution in [2.75, 3.05) is 12.4 Å². The number of aliphatic carboxylic acids is 1. The maximum Gasteiger partial charge on any atom is 0.330 e. The number of hydrogen-bond acceptors (Lipinski definition) is 5. The third-order valence-corrected chi connectivity index (χ3v) is 1.61. The number of ether oxygens (including phenoxy) is 1. The summed E-state index contributed by atoms with van der Waals surface area (Å²) in [5.41, 5.74) is 0.